The van der Waals surface area contributed by atoms with Gasteiger partial charge in [0.25, 0.3) is 0 Å². The minimum Gasteiger partial charge on any atom is -0.435 e. The molecule has 0 spiro atoms. The lowest BCUT2D eigenvalue weighted by Crippen LogP contribution is -2.72. The molecule has 1 saturated heterocycles. The predicted molar refractivity (Wildman–Crippen MR) is 89.4 cm³/mol. The van der Waals surface area contributed by atoms with E-state index in [1.807, 2.05) is 58.0 Å². The third kappa shape index (κ3) is 3.32. The zero-order valence-electron chi connectivity index (χ0n) is 14.2. The molecular weight excluding hydrogens is 294 g/mol. The monoisotopic (exact) mass is 320 g/mol. The quantitative estimate of drug-likeness (QED) is 0.781. The Bertz CT molecular complexity index is 582. The minimum absolute atomic E-state index is 0.0245. The molecule has 0 saturated carbocycles. The predicted octanol–water partition coefficient (Wildman–Crippen LogP) is 3.22. The van der Waals surface area contributed by atoms with E-state index in [-0.39, 0.29) is 16.6 Å². The van der Waals surface area contributed by atoms with E-state index in [0.717, 1.165) is 5.69 Å². The van der Waals surface area contributed by atoms with Crippen LogP contribution in [0.15, 0.2) is 30.3 Å². The number of benzene rings is 1. The topological polar surface area (TPSA) is 69.6 Å². The second kappa shape index (κ2) is 6.20. The van der Waals surface area contributed by atoms with Gasteiger partial charge in [0, 0.05) is 5.69 Å². The highest BCUT2D eigenvalue weighted by atomic mass is 16.4. The number of hydrogen-bond acceptors (Lipinski definition) is 2. The molecule has 1 fully saturated rings. The van der Waals surface area contributed by atoms with E-state index in [2.05, 4.69) is 5.32 Å². The van der Waals surface area contributed by atoms with Gasteiger partial charge in [-0.15, -0.1) is 0 Å². The maximum atomic E-state index is 12.5. The number of anilines is 1. The van der Waals surface area contributed by atoms with Crippen LogP contribution in [-0.2, 0) is 0 Å². The number of urea groups is 1. The van der Waals surface area contributed by atoms with Crippen molar-refractivity contribution in [3.63, 3.8) is 0 Å². The van der Waals surface area contributed by atoms with Crippen molar-refractivity contribution >= 4 is 17.8 Å². The number of carbonyl (C=O) groups excluding carboxylic acids is 1. The van der Waals surface area contributed by atoms with E-state index in [0.29, 0.717) is 19.6 Å². The van der Waals surface area contributed by atoms with E-state index in [9.17, 15) is 14.7 Å². The number of carbonyl (C=O) groups is 2. The molecule has 2 N–H and O–H groups in total. The van der Waals surface area contributed by atoms with Gasteiger partial charge in [-0.25, -0.2) is 9.28 Å². The van der Waals surface area contributed by atoms with Gasteiger partial charge in [-0.3, -0.25) is 0 Å². The molecule has 1 aliphatic heterocycles. The Morgan fingerprint density at radius 3 is 2.35 bits per heavy atom. The summed E-state index contributed by atoms with van der Waals surface area (Å²) in [7, 11) is 0. The molecule has 1 aliphatic rings. The van der Waals surface area contributed by atoms with Crippen LogP contribution in [0.4, 0.5) is 15.3 Å². The molecule has 2 atom stereocenters. The first-order chi connectivity index (χ1) is 10.7. The SMILES string of the molecule is C[C@H]1C[N+](C(=O)O)(C(C)(C)C)CCN1C(=O)Nc1ccccc1. The van der Waals surface area contributed by atoms with Crippen LogP contribution in [-0.4, -0.2) is 57.8 Å². The maximum absolute atomic E-state index is 12.5. The minimum atomic E-state index is -0.826. The summed E-state index contributed by atoms with van der Waals surface area (Å²) in [5.74, 6) is 0. The first kappa shape index (κ1) is 17.3. The van der Waals surface area contributed by atoms with E-state index < -0.39 is 11.6 Å². The van der Waals surface area contributed by atoms with Gasteiger partial charge in [0.15, 0.2) is 0 Å². The second-order valence-corrected chi connectivity index (χ2v) is 7.17. The van der Waals surface area contributed by atoms with Crippen molar-refractivity contribution in [2.24, 2.45) is 0 Å². The number of nitrogens with one attached hydrogen (secondary N) is 1. The summed E-state index contributed by atoms with van der Waals surface area (Å²) in [5, 5.41) is 12.6. The third-order valence-electron chi connectivity index (χ3n) is 4.77. The summed E-state index contributed by atoms with van der Waals surface area (Å²) in [4.78, 5) is 26.1. The largest absolute Gasteiger partial charge is 0.514 e. The molecule has 0 bridgehead atoms. The molecule has 126 valence electrons. The van der Waals surface area contributed by atoms with Crippen molar-refractivity contribution in [2.45, 2.75) is 39.3 Å². The Labute approximate surface area is 137 Å². The molecule has 6 nitrogen and oxygen atoms in total. The second-order valence-electron chi connectivity index (χ2n) is 7.17. The number of quaternary nitrogens is 1. The zero-order chi connectivity index (χ0) is 17.3. The third-order valence-corrected chi connectivity index (χ3v) is 4.77. The Morgan fingerprint density at radius 2 is 1.87 bits per heavy atom. The van der Waals surface area contributed by atoms with Crippen molar-refractivity contribution in [3.8, 4) is 0 Å². The lowest BCUT2D eigenvalue weighted by molar-refractivity contribution is -0.909. The normalized spacial score (nSPS) is 25.0. The van der Waals surface area contributed by atoms with Crippen molar-refractivity contribution in [3.05, 3.63) is 30.3 Å². The fraction of sp³-hybridized carbons (Fsp3) is 0.529. The highest BCUT2D eigenvalue weighted by molar-refractivity contribution is 5.89. The van der Waals surface area contributed by atoms with E-state index in [4.69, 9.17) is 0 Å². The van der Waals surface area contributed by atoms with Crippen molar-refractivity contribution in [2.75, 3.05) is 25.0 Å². The summed E-state index contributed by atoms with van der Waals surface area (Å²) in [6, 6.07) is 8.95. The molecule has 1 aromatic rings. The lowest BCUT2D eigenvalue weighted by atomic mass is 9.98. The molecule has 2 rings (SSSR count). The van der Waals surface area contributed by atoms with Crippen LogP contribution in [0.2, 0.25) is 0 Å². The fourth-order valence-corrected chi connectivity index (χ4v) is 3.23. The Kier molecular flexibility index (Phi) is 4.66. The highest BCUT2D eigenvalue weighted by Crippen LogP contribution is 2.30. The van der Waals surface area contributed by atoms with Crippen molar-refractivity contribution in [1.29, 1.82) is 0 Å². The molecule has 0 radical (unpaired) electrons. The molecule has 6 heteroatoms. The summed E-state index contributed by atoms with van der Waals surface area (Å²) in [6.07, 6.45) is -0.826. The number of nitrogens with zero attached hydrogens (tertiary/aromatic N) is 2. The average molecular weight is 320 g/mol. The van der Waals surface area contributed by atoms with Crippen LogP contribution in [0.1, 0.15) is 27.7 Å². The Morgan fingerprint density at radius 1 is 1.26 bits per heavy atom. The molecule has 0 aromatic heterocycles. The number of rotatable bonds is 1. The summed E-state index contributed by atoms with van der Waals surface area (Å²) < 4.78 is -0.0245. The molecule has 23 heavy (non-hydrogen) atoms. The van der Waals surface area contributed by atoms with Crippen molar-refractivity contribution in [1.82, 2.24) is 4.90 Å². The van der Waals surface area contributed by atoms with Crippen LogP contribution in [0.5, 0.6) is 0 Å². The molecule has 3 amide bonds. The number of para-hydroxylation sites is 1. The lowest BCUT2D eigenvalue weighted by Gasteiger charge is -2.50. The van der Waals surface area contributed by atoms with Gasteiger partial charge in [0.05, 0.1) is 12.6 Å². The first-order valence-electron chi connectivity index (χ1n) is 7.91. The molecule has 1 unspecified atom stereocenters. The van der Waals surface area contributed by atoms with Crippen LogP contribution >= 0.6 is 0 Å². The Hall–Kier alpha value is -2.08. The Balaban J connectivity index is 2.12. The van der Waals surface area contributed by atoms with Crippen LogP contribution < -0.4 is 5.32 Å². The van der Waals surface area contributed by atoms with E-state index >= 15 is 0 Å². The van der Waals surface area contributed by atoms with E-state index in [1.54, 1.807) is 4.90 Å². The fourth-order valence-electron chi connectivity index (χ4n) is 3.23. The molecule has 1 heterocycles. The van der Waals surface area contributed by atoms with Gasteiger partial charge < -0.3 is 15.3 Å². The zero-order valence-corrected chi connectivity index (χ0v) is 14.2. The van der Waals surface area contributed by atoms with Gasteiger partial charge in [0.2, 0.25) is 0 Å². The summed E-state index contributed by atoms with van der Waals surface area (Å²) >= 11 is 0. The number of piperazine rings is 1. The molecule has 0 aliphatic carbocycles. The van der Waals surface area contributed by atoms with Crippen LogP contribution in [0.3, 0.4) is 0 Å². The number of hydrogen-bond donors (Lipinski definition) is 2. The number of carboxylic acid groups (broad SMARTS) is 1. The number of amides is 3. The molecule has 1 aromatic carbocycles. The standard InChI is InChI=1S/C17H25N3O3/c1-13-12-20(16(22)23,17(2,3)4)11-10-19(13)15(21)18-14-8-6-5-7-9-14/h5-9,13H,10-12H2,1-4H3,(H-,18,21,22,23)/p+1/t13-,20?/m0/s1. The average Bonchev–Trinajstić information content (AvgIpc) is 2.46. The highest BCUT2D eigenvalue weighted by Gasteiger charge is 2.52. The van der Waals surface area contributed by atoms with Gasteiger partial charge in [-0.1, -0.05) is 18.2 Å². The summed E-state index contributed by atoms with van der Waals surface area (Å²) in [6.45, 7) is 8.95. The smallest absolute Gasteiger partial charge is 0.435 e. The van der Waals surface area contributed by atoms with Gasteiger partial charge in [0.1, 0.15) is 18.6 Å². The van der Waals surface area contributed by atoms with E-state index in [1.165, 1.54) is 0 Å². The van der Waals surface area contributed by atoms with Gasteiger partial charge in [-0.05, 0) is 39.8 Å². The van der Waals surface area contributed by atoms with Gasteiger partial charge >= 0.3 is 12.1 Å². The first-order valence-corrected chi connectivity index (χ1v) is 7.91. The maximum Gasteiger partial charge on any atom is 0.514 e. The van der Waals surface area contributed by atoms with Crippen LogP contribution in [0, 0.1) is 0 Å². The van der Waals surface area contributed by atoms with Gasteiger partial charge in [-0.2, -0.15) is 4.79 Å². The van der Waals surface area contributed by atoms with Crippen molar-refractivity contribution < 1.29 is 19.2 Å². The summed E-state index contributed by atoms with van der Waals surface area (Å²) in [5.41, 5.74) is 0.326. The van der Waals surface area contributed by atoms with Crippen LogP contribution in [0.25, 0.3) is 0 Å². The molecular formula is C17H26N3O3+.